The van der Waals surface area contributed by atoms with Gasteiger partial charge in [-0.25, -0.2) is 0 Å². The lowest BCUT2D eigenvalue weighted by molar-refractivity contribution is -0.146. The van der Waals surface area contributed by atoms with Gasteiger partial charge in [-0.3, -0.25) is 4.79 Å². The Kier molecular flexibility index (Phi) is 9.17. The predicted octanol–water partition coefficient (Wildman–Crippen LogP) is 6.15. The topological polar surface area (TPSA) is 38.8 Å². The Morgan fingerprint density at radius 1 is 0.919 bits per heavy atom. The molecule has 192 valence electrons. The number of benzene rings is 3. The van der Waals surface area contributed by atoms with Gasteiger partial charge in [0, 0.05) is 31.6 Å². The zero-order valence-electron chi connectivity index (χ0n) is 22.2. The molecule has 0 unspecified atom stereocenters. The Bertz CT molecular complexity index is 1150. The molecular weight excluding hydrogens is 458 g/mol. The van der Waals surface area contributed by atoms with E-state index in [4.69, 9.17) is 9.47 Å². The number of methoxy groups -OCH3 is 1. The summed E-state index contributed by atoms with van der Waals surface area (Å²) < 4.78 is 11.6. The van der Waals surface area contributed by atoms with Gasteiger partial charge >= 0.3 is 5.97 Å². The molecule has 1 heterocycles. The average Bonchev–Trinajstić information content (AvgIpc) is 2.95. The number of ether oxygens (including phenoxy) is 2. The zero-order valence-corrected chi connectivity index (χ0v) is 22.2. The molecule has 1 saturated heterocycles. The fourth-order valence-electron chi connectivity index (χ4n) is 4.79. The van der Waals surface area contributed by atoms with Crippen LogP contribution < -0.4 is 0 Å². The van der Waals surface area contributed by atoms with Crippen LogP contribution in [0.2, 0.25) is 0 Å². The second-order valence-electron chi connectivity index (χ2n) is 10.1. The molecule has 4 heteroatoms. The Hall–Kier alpha value is -3.39. The van der Waals surface area contributed by atoms with Gasteiger partial charge in [0.05, 0.1) is 18.6 Å². The highest BCUT2D eigenvalue weighted by molar-refractivity contribution is 5.82. The van der Waals surface area contributed by atoms with E-state index < -0.39 is 5.41 Å². The van der Waals surface area contributed by atoms with Crippen LogP contribution in [-0.4, -0.2) is 43.7 Å². The Morgan fingerprint density at radius 2 is 1.49 bits per heavy atom. The van der Waals surface area contributed by atoms with Crippen molar-refractivity contribution >= 4 is 5.97 Å². The molecule has 37 heavy (non-hydrogen) atoms. The van der Waals surface area contributed by atoms with Gasteiger partial charge in [0.2, 0.25) is 0 Å². The van der Waals surface area contributed by atoms with Gasteiger partial charge in [-0.05, 0) is 55.5 Å². The van der Waals surface area contributed by atoms with Crippen molar-refractivity contribution in [1.29, 1.82) is 0 Å². The number of carbonyl (C=O) groups is 1. The van der Waals surface area contributed by atoms with Crippen molar-refractivity contribution < 1.29 is 14.3 Å². The van der Waals surface area contributed by atoms with E-state index in [-0.39, 0.29) is 18.2 Å². The first-order chi connectivity index (χ1) is 18.0. The summed E-state index contributed by atoms with van der Waals surface area (Å²) >= 11 is 0. The smallest absolute Gasteiger partial charge is 0.315 e. The van der Waals surface area contributed by atoms with Crippen LogP contribution in [0.1, 0.15) is 61.5 Å². The van der Waals surface area contributed by atoms with Crippen molar-refractivity contribution in [2.45, 2.75) is 50.7 Å². The molecule has 1 aliphatic heterocycles. The third kappa shape index (κ3) is 7.10. The molecule has 3 aromatic carbocycles. The molecule has 0 radical (unpaired) electrons. The van der Waals surface area contributed by atoms with Crippen molar-refractivity contribution in [3.05, 3.63) is 107 Å². The second kappa shape index (κ2) is 12.7. The molecule has 0 aromatic heterocycles. The molecule has 1 fully saturated rings. The van der Waals surface area contributed by atoms with E-state index in [0.717, 1.165) is 50.0 Å². The van der Waals surface area contributed by atoms with Gasteiger partial charge in [-0.15, -0.1) is 0 Å². The van der Waals surface area contributed by atoms with E-state index in [1.807, 2.05) is 50.2 Å². The summed E-state index contributed by atoms with van der Waals surface area (Å²) in [4.78, 5) is 14.5. The maximum absolute atomic E-state index is 12.0. The van der Waals surface area contributed by atoms with Crippen molar-refractivity contribution in [3.63, 3.8) is 0 Å². The minimum absolute atomic E-state index is 0.0330. The first kappa shape index (κ1) is 26.7. The van der Waals surface area contributed by atoms with Gasteiger partial charge in [0.1, 0.15) is 6.10 Å². The highest BCUT2D eigenvalue weighted by Gasteiger charge is 2.30. The van der Waals surface area contributed by atoms with Crippen LogP contribution in [0.4, 0.5) is 0 Å². The number of esters is 1. The zero-order chi connectivity index (χ0) is 26.1. The lowest BCUT2D eigenvalue weighted by Gasteiger charge is -2.34. The quantitative estimate of drug-likeness (QED) is 0.278. The van der Waals surface area contributed by atoms with Crippen LogP contribution in [0.3, 0.4) is 0 Å². The molecule has 4 nitrogen and oxygen atoms in total. The van der Waals surface area contributed by atoms with Gasteiger partial charge in [-0.1, -0.05) is 84.6 Å². The summed E-state index contributed by atoms with van der Waals surface area (Å²) in [6, 6.07) is 28.9. The normalized spacial score (nSPS) is 14.7. The summed E-state index contributed by atoms with van der Waals surface area (Å²) in [5.74, 6) is 6.33. The molecule has 0 bridgehead atoms. The van der Waals surface area contributed by atoms with Crippen molar-refractivity contribution in [1.82, 2.24) is 4.90 Å². The van der Waals surface area contributed by atoms with E-state index in [2.05, 4.69) is 65.3 Å². The number of nitrogens with zero attached hydrogens (tertiary/aromatic N) is 1. The number of piperidine rings is 1. The van der Waals surface area contributed by atoms with Gasteiger partial charge < -0.3 is 14.4 Å². The van der Waals surface area contributed by atoms with E-state index in [1.165, 1.54) is 18.2 Å². The number of hydrogen-bond acceptors (Lipinski definition) is 4. The van der Waals surface area contributed by atoms with Crippen LogP contribution >= 0.6 is 0 Å². The Labute approximate surface area is 221 Å². The first-order valence-corrected chi connectivity index (χ1v) is 13.1. The molecule has 0 amide bonds. The maximum Gasteiger partial charge on any atom is 0.315 e. The largest absolute Gasteiger partial charge is 0.468 e. The van der Waals surface area contributed by atoms with Crippen LogP contribution in [0.15, 0.2) is 84.9 Å². The predicted molar refractivity (Wildman–Crippen MR) is 148 cm³/mol. The van der Waals surface area contributed by atoms with Gasteiger partial charge in [0.25, 0.3) is 0 Å². The molecule has 0 atom stereocenters. The monoisotopic (exact) mass is 495 g/mol. The van der Waals surface area contributed by atoms with Gasteiger partial charge in [-0.2, -0.15) is 0 Å². The SMILES string of the molecule is COC(=O)C(C)(C)c1ccc(C#CCCN2CCC(OC(c3ccccc3)c3ccccc3)CC2)cc1. The Balaban J connectivity index is 1.26. The van der Waals surface area contributed by atoms with Gasteiger partial charge in [0.15, 0.2) is 0 Å². The summed E-state index contributed by atoms with van der Waals surface area (Å²) in [7, 11) is 1.42. The lowest BCUT2D eigenvalue weighted by atomic mass is 9.84. The van der Waals surface area contributed by atoms with Crippen molar-refractivity contribution in [3.8, 4) is 11.8 Å². The number of carbonyl (C=O) groups excluding carboxylic acids is 1. The summed E-state index contributed by atoms with van der Waals surface area (Å²) in [5.41, 5.74) is 3.63. The second-order valence-corrected chi connectivity index (χ2v) is 10.1. The Morgan fingerprint density at radius 3 is 2.03 bits per heavy atom. The van der Waals surface area contributed by atoms with Crippen molar-refractivity contribution in [2.24, 2.45) is 0 Å². The van der Waals surface area contributed by atoms with Crippen LogP contribution in [0, 0.1) is 11.8 Å². The van der Waals surface area contributed by atoms with E-state index in [9.17, 15) is 4.79 Å². The van der Waals surface area contributed by atoms with E-state index in [1.54, 1.807) is 0 Å². The molecule has 0 N–H and O–H groups in total. The summed E-state index contributed by atoms with van der Waals surface area (Å²) in [6.07, 6.45) is 3.11. The average molecular weight is 496 g/mol. The van der Waals surface area contributed by atoms with Crippen LogP contribution in [0.5, 0.6) is 0 Å². The maximum atomic E-state index is 12.0. The highest BCUT2D eigenvalue weighted by atomic mass is 16.5. The lowest BCUT2D eigenvalue weighted by Crippen LogP contribution is -2.38. The molecule has 3 aromatic rings. The minimum atomic E-state index is -0.668. The fourth-order valence-corrected chi connectivity index (χ4v) is 4.79. The fraction of sp³-hybridized carbons (Fsp3) is 0.364. The number of hydrogen-bond donors (Lipinski definition) is 0. The van der Waals surface area contributed by atoms with Crippen molar-refractivity contribution in [2.75, 3.05) is 26.7 Å². The molecule has 1 aliphatic rings. The third-order valence-electron chi connectivity index (χ3n) is 7.16. The van der Waals surface area contributed by atoms with Crippen LogP contribution in [-0.2, 0) is 19.7 Å². The minimum Gasteiger partial charge on any atom is -0.468 e. The van der Waals surface area contributed by atoms with E-state index >= 15 is 0 Å². The number of rotatable bonds is 8. The summed E-state index contributed by atoms with van der Waals surface area (Å²) in [6.45, 7) is 6.77. The molecular formula is C33H37NO3. The highest BCUT2D eigenvalue weighted by Crippen LogP contribution is 2.30. The summed E-state index contributed by atoms with van der Waals surface area (Å²) in [5, 5.41) is 0. The standard InChI is InChI=1S/C33H37NO3/c1-33(2,32(35)36-3)29-19-17-26(18-20-29)12-10-11-23-34-24-21-30(22-25-34)37-31(27-13-6-4-7-14-27)28-15-8-5-9-16-28/h4-9,13-20,30-31H,11,21-25H2,1-3H3. The first-order valence-electron chi connectivity index (χ1n) is 13.1. The molecule has 0 aliphatic carbocycles. The molecule has 0 spiro atoms. The number of likely N-dealkylation sites (tertiary alicyclic amines) is 1. The van der Waals surface area contributed by atoms with Crippen LogP contribution in [0.25, 0.3) is 0 Å². The third-order valence-corrected chi connectivity index (χ3v) is 7.16. The van der Waals surface area contributed by atoms with E-state index in [0.29, 0.717) is 0 Å². The molecule has 0 saturated carbocycles. The molecule has 4 rings (SSSR count).